The number of nitrogens with zero attached hydrogens (tertiary/aromatic N) is 1. The fraction of sp³-hybridized carbons (Fsp3) is 0.267. The molecule has 2 nitrogen and oxygen atoms in total. The fourth-order valence-corrected chi connectivity index (χ4v) is 1.47. The van der Waals surface area contributed by atoms with E-state index in [9.17, 15) is 13.2 Å². The van der Waals surface area contributed by atoms with Gasteiger partial charge in [-0.25, -0.2) is 4.98 Å². The molecule has 0 aliphatic heterocycles. The summed E-state index contributed by atoms with van der Waals surface area (Å²) in [6.45, 7) is 3.88. The summed E-state index contributed by atoms with van der Waals surface area (Å²) in [5.41, 5.74) is 2.11. The summed E-state index contributed by atoms with van der Waals surface area (Å²) in [6, 6.07) is 9.46. The first-order chi connectivity index (χ1) is 9.80. The molecule has 0 aliphatic carbocycles. The first kappa shape index (κ1) is 17.3. The van der Waals surface area contributed by atoms with Gasteiger partial charge in [0.05, 0.1) is 0 Å². The molecule has 1 aromatic heterocycles. The Bertz CT molecular complexity index is 538. The Labute approximate surface area is 126 Å². The summed E-state index contributed by atoms with van der Waals surface area (Å²) in [5, 5.41) is 0.562. The van der Waals surface area contributed by atoms with Gasteiger partial charge in [0, 0.05) is 6.20 Å². The Balaban J connectivity index is 0.000000219. The van der Waals surface area contributed by atoms with Crippen molar-refractivity contribution in [3.05, 3.63) is 58.9 Å². The number of hydrogen-bond acceptors (Lipinski definition) is 2. The van der Waals surface area contributed by atoms with Gasteiger partial charge in [-0.15, -0.1) is 13.2 Å². The van der Waals surface area contributed by atoms with Crippen molar-refractivity contribution in [2.45, 2.75) is 26.6 Å². The van der Waals surface area contributed by atoms with E-state index in [1.807, 2.05) is 6.07 Å². The van der Waals surface area contributed by atoms with Crippen molar-refractivity contribution in [2.24, 2.45) is 0 Å². The zero-order valence-electron chi connectivity index (χ0n) is 11.6. The molecule has 0 radical (unpaired) electrons. The zero-order chi connectivity index (χ0) is 15.9. The Morgan fingerprint density at radius 3 is 2.14 bits per heavy atom. The van der Waals surface area contributed by atoms with Crippen molar-refractivity contribution in [3.63, 3.8) is 0 Å². The van der Waals surface area contributed by atoms with Gasteiger partial charge in [0.2, 0.25) is 0 Å². The molecule has 0 fully saturated rings. The predicted octanol–water partition coefficient (Wildman–Crippen LogP) is 5.19. The number of benzene rings is 1. The summed E-state index contributed by atoms with van der Waals surface area (Å²) in [6.07, 6.45) is -1.79. The van der Waals surface area contributed by atoms with E-state index in [4.69, 9.17) is 11.6 Å². The molecular formula is C15H15ClF3NO. The molecular weight excluding hydrogens is 303 g/mol. The highest BCUT2D eigenvalue weighted by Crippen LogP contribution is 2.22. The summed E-state index contributed by atoms with van der Waals surface area (Å²) < 4.78 is 38.5. The maximum absolute atomic E-state index is 11.6. The van der Waals surface area contributed by atoms with E-state index in [1.165, 1.54) is 17.7 Å². The second-order valence-corrected chi connectivity index (χ2v) is 4.59. The summed E-state index contributed by atoms with van der Waals surface area (Å²) in [5.74, 6) is -0.187. The summed E-state index contributed by atoms with van der Waals surface area (Å²) in [7, 11) is 0. The normalized spacial score (nSPS) is 10.6. The number of rotatable bonds is 2. The molecule has 0 atom stereocenters. The van der Waals surface area contributed by atoms with Crippen LogP contribution in [0.15, 0.2) is 42.6 Å². The van der Waals surface area contributed by atoms with Crippen LogP contribution in [0.4, 0.5) is 13.2 Å². The molecule has 0 aliphatic rings. The SMILES string of the molecule is CCc1ccc(Cl)nc1.Cc1ccc(OC(F)(F)F)cc1. The van der Waals surface area contributed by atoms with Crippen LogP contribution in [0.25, 0.3) is 0 Å². The number of pyridine rings is 1. The minimum Gasteiger partial charge on any atom is -0.406 e. The molecule has 2 aromatic rings. The van der Waals surface area contributed by atoms with E-state index in [2.05, 4.69) is 16.6 Å². The van der Waals surface area contributed by atoms with Crippen molar-refractivity contribution < 1.29 is 17.9 Å². The number of aromatic nitrogens is 1. The van der Waals surface area contributed by atoms with Crippen LogP contribution in [0.5, 0.6) is 5.75 Å². The molecule has 0 bridgehead atoms. The van der Waals surface area contributed by atoms with Gasteiger partial charge in [-0.05, 0) is 37.1 Å². The quantitative estimate of drug-likeness (QED) is 0.711. The molecule has 0 unspecified atom stereocenters. The topological polar surface area (TPSA) is 22.1 Å². The molecule has 6 heteroatoms. The first-order valence-corrected chi connectivity index (χ1v) is 6.61. The van der Waals surface area contributed by atoms with Crippen LogP contribution in [0, 0.1) is 6.92 Å². The van der Waals surface area contributed by atoms with Crippen molar-refractivity contribution in [3.8, 4) is 5.75 Å². The van der Waals surface area contributed by atoms with Crippen LogP contribution in [0.3, 0.4) is 0 Å². The summed E-state index contributed by atoms with van der Waals surface area (Å²) in [4.78, 5) is 3.92. The Hall–Kier alpha value is -1.75. The van der Waals surface area contributed by atoms with Crippen molar-refractivity contribution in [2.75, 3.05) is 0 Å². The van der Waals surface area contributed by atoms with E-state index in [0.29, 0.717) is 5.15 Å². The molecule has 0 amide bonds. The number of ether oxygens (including phenoxy) is 1. The highest BCUT2D eigenvalue weighted by molar-refractivity contribution is 6.29. The number of hydrogen-bond donors (Lipinski definition) is 0. The molecule has 0 saturated carbocycles. The van der Waals surface area contributed by atoms with Crippen LogP contribution < -0.4 is 4.74 Å². The first-order valence-electron chi connectivity index (χ1n) is 6.23. The molecule has 1 aromatic carbocycles. The van der Waals surface area contributed by atoms with Crippen molar-refractivity contribution in [1.82, 2.24) is 4.98 Å². The minimum absolute atomic E-state index is 0.187. The molecule has 0 spiro atoms. The van der Waals surface area contributed by atoms with E-state index in [1.54, 1.807) is 31.3 Å². The van der Waals surface area contributed by atoms with Crippen molar-refractivity contribution in [1.29, 1.82) is 0 Å². The monoisotopic (exact) mass is 317 g/mol. The second-order valence-electron chi connectivity index (χ2n) is 4.20. The van der Waals surface area contributed by atoms with E-state index < -0.39 is 6.36 Å². The van der Waals surface area contributed by atoms with Gasteiger partial charge in [-0.2, -0.15) is 0 Å². The zero-order valence-corrected chi connectivity index (χ0v) is 12.4. The Morgan fingerprint density at radius 2 is 1.71 bits per heavy atom. The largest absolute Gasteiger partial charge is 0.573 e. The van der Waals surface area contributed by atoms with Crippen LogP contribution in [-0.2, 0) is 6.42 Å². The second kappa shape index (κ2) is 7.88. The van der Waals surface area contributed by atoms with Crippen LogP contribution in [-0.4, -0.2) is 11.3 Å². The molecule has 0 N–H and O–H groups in total. The highest BCUT2D eigenvalue weighted by Gasteiger charge is 2.30. The third-order valence-electron chi connectivity index (χ3n) is 2.45. The maximum atomic E-state index is 11.6. The lowest BCUT2D eigenvalue weighted by atomic mass is 10.2. The molecule has 114 valence electrons. The van der Waals surface area contributed by atoms with Gasteiger partial charge in [0.15, 0.2) is 0 Å². The van der Waals surface area contributed by atoms with E-state index in [-0.39, 0.29) is 5.75 Å². The van der Waals surface area contributed by atoms with Gasteiger partial charge >= 0.3 is 6.36 Å². The van der Waals surface area contributed by atoms with Gasteiger partial charge < -0.3 is 4.74 Å². The smallest absolute Gasteiger partial charge is 0.406 e. The average Bonchev–Trinajstić information content (AvgIpc) is 2.42. The average molecular weight is 318 g/mol. The third-order valence-corrected chi connectivity index (χ3v) is 2.68. The van der Waals surface area contributed by atoms with Crippen molar-refractivity contribution >= 4 is 11.6 Å². The third kappa shape index (κ3) is 7.56. The molecule has 21 heavy (non-hydrogen) atoms. The van der Waals surface area contributed by atoms with E-state index in [0.717, 1.165) is 12.0 Å². The number of alkyl halides is 3. The van der Waals surface area contributed by atoms with Gasteiger partial charge in [-0.1, -0.05) is 42.3 Å². The highest BCUT2D eigenvalue weighted by atomic mass is 35.5. The van der Waals surface area contributed by atoms with Crippen LogP contribution in [0.2, 0.25) is 5.15 Å². The number of halogens is 4. The van der Waals surface area contributed by atoms with Crippen LogP contribution >= 0.6 is 11.6 Å². The van der Waals surface area contributed by atoms with Gasteiger partial charge in [-0.3, -0.25) is 0 Å². The minimum atomic E-state index is -4.60. The van der Waals surface area contributed by atoms with Crippen LogP contribution in [0.1, 0.15) is 18.1 Å². The summed E-state index contributed by atoms with van der Waals surface area (Å²) >= 11 is 5.56. The van der Waals surface area contributed by atoms with Gasteiger partial charge in [0.25, 0.3) is 0 Å². The Morgan fingerprint density at radius 1 is 1.10 bits per heavy atom. The molecule has 0 saturated heterocycles. The van der Waals surface area contributed by atoms with Gasteiger partial charge in [0.1, 0.15) is 10.9 Å². The predicted molar refractivity (Wildman–Crippen MR) is 76.5 cm³/mol. The lowest BCUT2D eigenvalue weighted by Gasteiger charge is -2.08. The lowest BCUT2D eigenvalue weighted by molar-refractivity contribution is -0.274. The lowest BCUT2D eigenvalue weighted by Crippen LogP contribution is -2.16. The molecule has 2 rings (SSSR count). The number of aryl methyl sites for hydroxylation is 2. The molecule has 1 heterocycles. The van der Waals surface area contributed by atoms with E-state index >= 15 is 0 Å². The fourth-order valence-electron chi connectivity index (χ4n) is 1.36. The Kier molecular flexibility index (Phi) is 6.49. The standard InChI is InChI=1S/C8H7F3O.C7H8ClN/c1-6-2-4-7(5-3-6)12-8(9,10)11;1-2-6-3-4-7(8)9-5-6/h2-5H,1H3;3-5H,2H2,1H3. The maximum Gasteiger partial charge on any atom is 0.573 e.